The summed E-state index contributed by atoms with van der Waals surface area (Å²) >= 11 is 0. The predicted octanol–water partition coefficient (Wildman–Crippen LogP) is 4.02. The van der Waals surface area contributed by atoms with E-state index in [1.54, 1.807) is 0 Å². The molecule has 0 bridgehead atoms. The average molecular weight is 186 g/mol. The lowest BCUT2D eigenvalue weighted by Crippen LogP contribution is -2.33. The van der Waals surface area contributed by atoms with Gasteiger partial charge in [0.25, 0.3) is 0 Å². The van der Waals surface area contributed by atoms with Crippen molar-refractivity contribution in [1.82, 2.24) is 0 Å². The van der Waals surface area contributed by atoms with E-state index in [-0.39, 0.29) is 11.0 Å². The molecule has 0 aromatic rings. The largest absolute Gasteiger partial charge is 0.374 e. The predicted molar refractivity (Wildman–Crippen MR) is 59.0 cm³/mol. The van der Waals surface area contributed by atoms with Gasteiger partial charge in [0.15, 0.2) is 0 Å². The van der Waals surface area contributed by atoms with E-state index in [1.807, 2.05) is 0 Å². The molecule has 0 radical (unpaired) electrons. The molecule has 0 aliphatic heterocycles. The lowest BCUT2D eigenvalue weighted by atomic mass is 9.92. The standard InChI is InChI=1S/C12H26O/c1-7-12(8-2,9-3)13-10-11(4,5)6/h7-10H2,1-6H3. The molecule has 80 valence electrons. The molecule has 0 saturated heterocycles. The van der Waals surface area contributed by atoms with Crippen LogP contribution in [0.5, 0.6) is 0 Å². The Bertz CT molecular complexity index is 120. The van der Waals surface area contributed by atoms with Crippen LogP contribution < -0.4 is 0 Å². The maximum Gasteiger partial charge on any atom is 0.0675 e. The van der Waals surface area contributed by atoms with Crippen LogP contribution in [0.1, 0.15) is 60.8 Å². The molecule has 0 amide bonds. The summed E-state index contributed by atoms with van der Waals surface area (Å²) in [4.78, 5) is 0. The molecule has 0 fully saturated rings. The van der Waals surface area contributed by atoms with Gasteiger partial charge in [-0.25, -0.2) is 0 Å². The lowest BCUT2D eigenvalue weighted by molar-refractivity contribution is -0.0811. The SMILES string of the molecule is CCC(CC)(CC)OCC(C)(C)C. The van der Waals surface area contributed by atoms with E-state index < -0.39 is 0 Å². The van der Waals surface area contributed by atoms with Crippen molar-refractivity contribution in [2.24, 2.45) is 5.41 Å². The van der Waals surface area contributed by atoms with Gasteiger partial charge in [-0.05, 0) is 24.7 Å². The molecule has 0 aromatic carbocycles. The van der Waals surface area contributed by atoms with Crippen LogP contribution in [0.4, 0.5) is 0 Å². The third-order valence-corrected chi connectivity index (χ3v) is 2.74. The second-order valence-electron chi connectivity index (χ2n) is 5.09. The van der Waals surface area contributed by atoms with Gasteiger partial charge >= 0.3 is 0 Å². The quantitative estimate of drug-likeness (QED) is 0.630. The summed E-state index contributed by atoms with van der Waals surface area (Å²) in [5.74, 6) is 0. The highest BCUT2D eigenvalue weighted by atomic mass is 16.5. The zero-order valence-corrected chi connectivity index (χ0v) is 10.2. The van der Waals surface area contributed by atoms with Crippen LogP contribution in [-0.4, -0.2) is 12.2 Å². The van der Waals surface area contributed by atoms with E-state index in [0.29, 0.717) is 0 Å². The number of ether oxygens (including phenoxy) is 1. The molecule has 0 heterocycles. The van der Waals surface area contributed by atoms with Gasteiger partial charge in [-0.3, -0.25) is 0 Å². The second kappa shape index (κ2) is 4.99. The summed E-state index contributed by atoms with van der Waals surface area (Å²) < 4.78 is 6.04. The molecule has 13 heavy (non-hydrogen) atoms. The fourth-order valence-electron chi connectivity index (χ4n) is 1.43. The number of hydrogen-bond acceptors (Lipinski definition) is 1. The molecular formula is C12H26O. The monoisotopic (exact) mass is 186 g/mol. The molecule has 0 rings (SSSR count). The van der Waals surface area contributed by atoms with Gasteiger partial charge in [0.05, 0.1) is 12.2 Å². The Balaban J connectivity index is 4.11. The van der Waals surface area contributed by atoms with Gasteiger partial charge in [-0.1, -0.05) is 41.5 Å². The molecule has 1 nitrogen and oxygen atoms in total. The first-order chi connectivity index (χ1) is 5.89. The molecule has 0 aliphatic rings. The highest BCUT2D eigenvalue weighted by Gasteiger charge is 2.26. The molecular weight excluding hydrogens is 160 g/mol. The molecule has 0 unspecified atom stereocenters. The van der Waals surface area contributed by atoms with Crippen LogP contribution in [0, 0.1) is 5.41 Å². The van der Waals surface area contributed by atoms with Crippen molar-refractivity contribution in [2.75, 3.05) is 6.61 Å². The van der Waals surface area contributed by atoms with Crippen molar-refractivity contribution < 1.29 is 4.74 Å². The van der Waals surface area contributed by atoms with Crippen molar-refractivity contribution in [3.63, 3.8) is 0 Å². The van der Waals surface area contributed by atoms with E-state index in [2.05, 4.69) is 41.5 Å². The lowest BCUT2D eigenvalue weighted by Gasteiger charge is -2.34. The van der Waals surface area contributed by atoms with Crippen LogP contribution in [-0.2, 0) is 4.74 Å². The third-order valence-electron chi connectivity index (χ3n) is 2.74. The molecule has 0 saturated carbocycles. The molecule has 0 aliphatic carbocycles. The van der Waals surface area contributed by atoms with Gasteiger partial charge in [0.1, 0.15) is 0 Å². The van der Waals surface area contributed by atoms with Crippen LogP contribution in [0.2, 0.25) is 0 Å². The van der Waals surface area contributed by atoms with Gasteiger partial charge in [0, 0.05) is 0 Å². The van der Waals surface area contributed by atoms with Crippen molar-refractivity contribution >= 4 is 0 Å². The van der Waals surface area contributed by atoms with Gasteiger partial charge in [0.2, 0.25) is 0 Å². The van der Waals surface area contributed by atoms with E-state index in [4.69, 9.17) is 4.74 Å². The van der Waals surface area contributed by atoms with Crippen molar-refractivity contribution in [1.29, 1.82) is 0 Å². The first-order valence-electron chi connectivity index (χ1n) is 5.53. The van der Waals surface area contributed by atoms with Crippen LogP contribution >= 0.6 is 0 Å². The molecule has 0 aromatic heterocycles. The Kier molecular flexibility index (Phi) is 4.98. The topological polar surface area (TPSA) is 9.23 Å². The fourth-order valence-corrected chi connectivity index (χ4v) is 1.43. The van der Waals surface area contributed by atoms with Crippen LogP contribution in [0.25, 0.3) is 0 Å². The summed E-state index contributed by atoms with van der Waals surface area (Å²) in [7, 11) is 0. The fraction of sp³-hybridized carbons (Fsp3) is 1.00. The maximum atomic E-state index is 6.04. The number of rotatable bonds is 5. The third kappa shape index (κ3) is 4.66. The summed E-state index contributed by atoms with van der Waals surface area (Å²) in [6, 6.07) is 0. The minimum atomic E-state index is 0.132. The summed E-state index contributed by atoms with van der Waals surface area (Å²) in [5.41, 5.74) is 0.415. The minimum absolute atomic E-state index is 0.132. The Hall–Kier alpha value is -0.0400. The Morgan fingerprint density at radius 2 is 1.23 bits per heavy atom. The minimum Gasteiger partial charge on any atom is -0.374 e. The zero-order valence-electron chi connectivity index (χ0n) is 10.2. The Labute approximate surface area is 83.9 Å². The first kappa shape index (κ1) is 13.0. The van der Waals surface area contributed by atoms with Crippen molar-refractivity contribution in [2.45, 2.75) is 66.4 Å². The Morgan fingerprint density at radius 1 is 0.846 bits per heavy atom. The number of hydrogen-bond donors (Lipinski definition) is 0. The van der Waals surface area contributed by atoms with Gasteiger partial charge in [-0.2, -0.15) is 0 Å². The van der Waals surface area contributed by atoms with E-state index in [9.17, 15) is 0 Å². The smallest absolute Gasteiger partial charge is 0.0675 e. The molecule has 0 spiro atoms. The zero-order chi connectivity index (χ0) is 10.5. The van der Waals surface area contributed by atoms with Crippen molar-refractivity contribution in [3.8, 4) is 0 Å². The molecule has 1 heteroatoms. The Morgan fingerprint density at radius 3 is 1.46 bits per heavy atom. The van der Waals surface area contributed by atoms with E-state index in [0.717, 1.165) is 25.9 Å². The van der Waals surface area contributed by atoms with E-state index in [1.165, 1.54) is 0 Å². The molecule has 0 atom stereocenters. The first-order valence-corrected chi connectivity index (χ1v) is 5.53. The summed E-state index contributed by atoms with van der Waals surface area (Å²) in [6.07, 6.45) is 3.36. The van der Waals surface area contributed by atoms with Crippen molar-refractivity contribution in [3.05, 3.63) is 0 Å². The molecule has 0 N–H and O–H groups in total. The normalized spacial score (nSPS) is 13.4. The summed E-state index contributed by atoms with van der Waals surface area (Å²) in [5, 5.41) is 0. The highest BCUT2D eigenvalue weighted by Crippen LogP contribution is 2.27. The van der Waals surface area contributed by atoms with Crippen LogP contribution in [0.15, 0.2) is 0 Å². The van der Waals surface area contributed by atoms with Gasteiger partial charge in [-0.15, -0.1) is 0 Å². The second-order valence-corrected chi connectivity index (χ2v) is 5.09. The highest BCUT2D eigenvalue weighted by molar-refractivity contribution is 4.77. The summed E-state index contributed by atoms with van der Waals surface area (Å²) in [6.45, 7) is 14.2. The van der Waals surface area contributed by atoms with E-state index >= 15 is 0 Å². The van der Waals surface area contributed by atoms with Gasteiger partial charge < -0.3 is 4.74 Å². The maximum absolute atomic E-state index is 6.04. The average Bonchev–Trinajstić information content (AvgIpc) is 2.06. The van der Waals surface area contributed by atoms with Crippen LogP contribution in [0.3, 0.4) is 0 Å².